The number of aromatic nitrogens is 2. The number of primary amides is 1. The Kier molecular flexibility index (Phi) is 5.21. The molecule has 4 N–H and O–H groups in total. The van der Waals surface area contributed by atoms with Gasteiger partial charge in [-0.25, -0.2) is 14.6 Å². The number of fused-ring (bicyclic) bond motifs is 1. The first kappa shape index (κ1) is 19.4. The van der Waals surface area contributed by atoms with E-state index in [0.717, 1.165) is 55.4 Å². The number of anilines is 2. The predicted molar refractivity (Wildman–Crippen MR) is 111 cm³/mol. The molecular weight excluding hydrogens is 372 g/mol. The largest absolute Gasteiger partial charge is 0.450 e. The van der Waals surface area contributed by atoms with Crippen LogP contribution in [0.2, 0.25) is 0 Å². The minimum Gasteiger partial charge on any atom is -0.450 e. The van der Waals surface area contributed by atoms with Crippen molar-refractivity contribution >= 4 is 34.8 Å². The molecule has 29 heavy (non-hydrogen) atoms. The van der Waals surface area contributed by atoms with Crippen LogP contribution in [0.5, 0.6) is 0 Å². The molecule has 1 aliphatic heterocycles. The molecule has 4 rings (SSSR count). The van der Waals surface area contributed by atoms with Gasteiger partial charge in [-0.3, -0.25) is 4.90 Å². The van der Waals surface area contributed by atoms with Gasteiger partial charge in [-0.1, -0.05) is 6.07 Å². The predicted octanol–water partition coefficient (Wildman–Crippen LogP) is 2.85. The topological polar surface area (TPSA) is 120 Å². The molecule has 0 spiro atoms. The zero-order valence-electron chi connectivity index (χ0n) is 16.7. The van der Waals surface area contributed by atoms with Gasteiger partial charge >= 0.3 is 12.1 Å². The number of rotatable bonds is 8. The van der Waals surface area contributed by atoms with E-state index in [1.54, 1.807) is 0 Å². The molecule has 3 amide bonds. The SMILES string of the molecule is CC(CCCCOC(N)=O)n1c(N)nc2cccc(N3CCN(C4CC4)C3=O)c21. The highest BCUT2D eigenvalue weighted by molar-refractivity contribution is 6.03. The second-order valence-corrected chi connectivity index (χ2v) is 7.86. The summed E-state index contributed by atoms with van der Waals surface area (Å²) in [5.41, 5.74) is 13.8. The molecule has 0 radical (unpaired) electrons. The second kappa shape index (κ2) is 7.81. The third-order valence-corrected chi connectivity index (χ3v) is 5.74. The van der Waals surface area contributed by atoms with Crippen LogP contribution in [0.15, 0.2) is 18.2 Å². The molecule has 9 nitrogen and oxygen atoms in total. The Morgan fingerprint density at radius 2 is 2.10 bits per heavy atom. The van der Waals surface area contributed by atoms with Crippen LogP contribution in [0.3, 0.4) is 0 Å². The molecule has 1 aliphatic carbocycles. The number of nitrogens with two attached hydrogens (primary N) is 2. The first-order valence-electron chi connectivity index (χ1n) is 10.2. The lowest BCUT2D eigenvalue weighted by Gasteiger charge is -2.22. The van der Waals surface area contributed by atoms with Crippen molar-refractivity contribution < 1.29 is 14.3 Å². The average molecular weight is 400 g/mol. The number of hydrogen-bond acceptors (Lipinski definition) is 5. The number of hydrogen-bond donors (Lipinski definition) is 2. The van der Waals surface area contributed by atoms with Gasteiger partial charge in [0.2, 0.25) is 5.95 Å². The molecule has 1 saturated carbocycles. The van der Waals surface area contributed by atoms with Crippen molar-refractivity contribution in [2.45, 2.75) is 51.1 Å². The van der Waals surface area contributed by atoms with E-state index in [4.69, 9.17) is 16.2 Å². The molecule has 9 heteroatoms. The van der Waals surface area contributed by atoms with Crippen LogP contribution in [0.1, 0.15) is 45.1 Å². The lowest BCUT2D eigenvalue weighted by atomic mass is 10.1. The quantitative estimate of drug-likeness (QED) is 0.660. The summed E-state index contributed by atoms with van der Waals surface area (Å²) >= 11 is 0. The maximum atomic E-state index is 13.0. The van der Waals surface area contributed by atoms with Crippen LogP contribution < -0.4 is 16.4 Å². The number of imidazole rings is 1. The fraction of sp³-hybridized carbons (Fsp3) is 0.550. The van der Waals surface area contributed by atoms with Crippen LogP contribution in [0.25, 0.3) is 11.0 Å². The van der Waals surface area contributed by atoms with Gasteiger partial charge in [0.15, 0.2) is 0 Å². The van der Waals surface area contributed by atoms with Crippen molar-refractivity contribution in [2.24, 2.45) is 5.73 Å². The number of nitrogens with zero attached hydrogens (tertiary/aromatic N) is 4. The highest BCUT2D eigenvalue weighted by Gasteiger charge is 2.40. The Labute approximate surface area is 169 Å². The fourth-order valence-electron chi connectivity index (χ4n) is 4.16. The highest BCUT2D eigenvalue weighted by atomic mass is 16.5. The highest BCUT2D eigenvalue weighted by Crippen LogP contribution is 2.37. The van der Waals surface area contributed by atoms with Gasteiger partial charge in [0.25, 0.3) is 0 Å². The van der Waals surface area contributed by atoms with E-state index in [9.17, 15) is 9.59 Å². The third kappa shape index (κ3) is 3.81. The molecule has 1 aromatic carbocycles. The van der Waals surface area contributed by atoms with Gasteiger partial charge in [0, 0.05) is 25.2 Å². The summed E-state index contributed by atoms with van der Waals surface area (Å²) in [6.07, 6.45) is 3.88. The Bertz CT molecular complexity index is 922. The van der Waals surface area contributed by atoms with Gasteiger partial charge in [-0.15, -0.1) is 0 Å². The minimum absolute atomic E-state index is 0.0718. The van der Waals surface area contributed by atoms with Gasteiger partial charge < -0.3 is 25.7 Å². The zero-order valence-corrected chi connectivity index (χ0v) is 16.7. The van der Waals surface area contributed by atoms with Crippen molar-refractivity contribution in [2.75, 3.05) is 30.3 Å². The van der Waals surface area contributed by atoms with Crippen molar-refractivity contribution in [3.8, 4) is 0 Å². The van der Waals surface area contributed by atoms with E-state index in [1.807, 2.05) is 32.6 Å². The zero-order chi connectivity index (χ0) is 20.5. The fourth-order valence-corrected chi connectivity index (χ4v) is 4.16. The van der Waals surface area contributed by atoms with Gasteiger partial charge in [-0.05, 0) is 51.2 Å². The molecule has 2 heterocycles. The number of benzene rings is 1. The maximum Gasteiger partial charge on any atom is 0.404 e. The van der Waals surface area contributed by atoms with Crippen LogP contribution in [-0.4, -0.2) is 52.3 Å². The average Bonchev–Trinajstić information content (AvgIpc) is 3.36. The van der Waals surface area contributed by atoms with Crippen LogP contribution in [0.4, 0.5) is 21.2 Å². The van der Waals surface area contributed by atoms with E-state index in [0.29, 0.717) is 25.1 Å². The summed E-state index contributed by atoms with van der Waals surface area (Å²) in [6.45, 7) is 3.84. The smallest absolute Gasteiger partial charge is 0.404 e. The van der Waals surface area contributed by atoms with E-state index in [1.165, 1.54) is 0 Å². The Morgan fingerprint density at radius 3 is 2.83 bits per heavy atom. The van der Waals surface area contributed by atoms with Gasteiger partial charge in [0.05, 0.1) is 23.3 Å². The number of unbranched alkanes of at least 4 members (excludes halogenated alkanes) is 1. The number of amides is 3. The lowest BCUT2D eigenvalue weighted by Crippen LogP contribution is -2.33. The molecule has 0 bridgehead atoms. The Balaban J connectivity index is 1.56. The van der Waals surface area contributed by atoms with E-state index in [-0.39, 0.29) is 12.1 Å². The summed E-state index contributed by atoms with van der Waals surface area (Å²) < 4.78 is 6.81. The first-order valence-corrected chi connectivity index (χ1v) is 10.2. The maximum absolute atomic E-state index is 13.0. The number of carbonyl (C=O) groups excluding carboxylic acids is 2. The molecule has 1 saturated heterocycles. The van der Waals surface area contributed by atoms with Crippen molar-refractivity contribution in [3.05, 3.63) is 18.2 Å². The standard InChI is InChI=1S/C20H28N6O3/c1-13(5-2-3-12-29-19(22)27)26-17-15(23-18(26)21)6-4-7-16(17)25-11-10-24(20(25)28)14-8-9-14/h4,6-7,13-14H,2-3,5,8-12H2,1H3,(H2,21,23)(H2,22,27). The summed E-state index contributed by atoms with van der Waals surface area (Å²) in [6, 6.07) is 6.39. The molecular formula is C20H28N6O3. The van der Waals surface area contributed by atoms with E-state index >= 15 is 0 Å². The normalized spacial score (nSPS) is 17.9. The van der Waals surface area contributed by atoms with Crippen molar-refractivity contribution in [1.82, 2.24) is 14.5 Å². The molecule has 2 fully saturated rings. The van der Waals surface area contributed by atoms with Crippen LogP contribution >= 0.6 is 0 Å². The van der Waals surface area contributed by atoms with Crippen LogP contribution in [-0.2, 0) is 4.74 Å². The molecule has 2 aromatic rings. The molecule has 1 unspecified atom stereocenters. The van der Waals surface area contributed by atoms with Crippen LogP contribution in [0, 0.1) is 0 Å². The molecule has 1 aromatic heterocycles. The second-order valence-electron chi connectivity index (χ2n) is 7.86. The molecule has 2 aliphatic rings. The van der Waals surface area contributed by atoms with Crippen molar-refractivity contribution in [1.29, 1.82) is 0 Å². The Hall–Kier alpha value is -2.97. The summed E-state index contributed by atoms with van der Waals surface area (Å²) in [5.74, 6) is 0.444. The molecule has 156 valence electrons. The van der Waals surface area contributed by atoms with E-state index in [2.05, 4.69) is 11.9 Å². The number of nitrogen functional groups attached to an aromatic ring is 1. The Morgan fingerprint density at radius 1 is 1.31 bits per heavy atom. The first-order chi connectivity index (χ1) is 14.0. The number of para-hydroxylation sites is 1. The summed E-state index contributed by atoms with van der Waals surface area (Å²) in [5, 5.41) is 0. The van der Waals surface area contributed by atoms with E-state index < -0.39 is 6.09 Å². The summed E-state index contributed by atoms with van der Waals surface area (Å²) in [7, 11) is 0. The number of carbonyl (C=O) groups is 2. The number of urea groups is 1. The van der Waals surface area contributed by atoms with Gasteiger partial charge in [0.1, 0.15) is 0 Å². The van der Waals surface area contributed by atoms with Gasteiger partial charge in [-0.2, -0.15) is 0 Å². The molecule has 1 atom stereocenters. The summed E-state index contributed by atoms with van der Waals surface area (Å²) in [4.78, 5) is 32.0. The lowest BCUT2D eigenvalue weighted by molar-refractivity contribution is 0.154. The monoisotopic (exact) mass is 400 g/mol. The third-order valence-electron chi connectivity index (χ3n) is 5.74. The minimum atomic E-state index is -0.747. The number of ether oxygens (including phenoxy) is 1. The van der Waals surface area contributed by atoms with Crippen molar-refractivity contribution in [3.63, 3.8) is 0 Å².